The van der Waals surface area contributed by atoms with Crippen LogP contribution in [0.4, 0.5) is 4.39 Å². The van der Waals surface area contributed by atoms with Crippen LogP contribution in [0.15, 0.2) is 40.5 Å². The van der Waals surface area contributed by atoms with Crippen molar-refractivity contribution in [3.05, 3.63) is 62.8 Å². The number of rotatable bonds is 4. The van der Waals surface area contributed by atoms with Crippen LogP contribution in [0.1, 0.15) is 27.7 Å². The molecular weight excluding hydrogens is 345 g/mol. The highest BCUT2D eigenvalue weighted by Gasteiger charge is 2.20. The topological polar surface area (TPSA) is 73.5 Å². The lowest BCUT2D eigenvalue weighted by Gasteiger charge is -2.00. The third kappa shape index (κ3) is 3.34. The fraction of sp³-hybridized carbons (Fsp3) is 0.176. The standard InChI is InChI=1S/C17H14FN3O3S/c1-3-24-17(23)14-10(2)13-15(25-14)19-9-21(16(13)22)20-8-11-5-4-6-12(18)7-11/h4-9H,3H2,1-2H3/b20-8+. The van der Waals surface area contributed by atoms with E-state index < -0.39 is 17.3 Å². The highest BCUT2D eigenvalue weighted by atomic mass is 32.1. The largest absolute Gasteiger partial charge is 0.462 e. The monoisotopic (exact) mass is 359 g/mol. The minimum atomic E-state index is -0.475. The fourth-order valence-corrected chi connectivity index (χ4v) is 3.34. The van der Waals surface area contributed by atoms with E-state index in [0.717, 1.165) is 16.0 Å². The number of aryl methyl sites for hydroxylation is 1. The van der Waals surface area contributed by atoms with Gasteiger partial charge in [-0.25, -0.2) is 14.2 Å². The Morgan fingerprint density at radius 2 is 2.28 bits per heavy atom. The van der Waals surface area contributed by atoms with Gasteiger partial charge in [0.2, 0.25) is 0 Å². The zero-order chi connectivity index (χ0) is 18.0. The number of fused-ring (bicyclic) bond motifs is 1. The number of thiophene rings is 1. The van der Waals surface area contributed by atoms with Crippen LogP contribution >= 0.6 is 11.3 Å². The van der Waals surface area contributed by atoms with Crippen LogP contribution in [0.25, 0.3) is 10.2 Å². The molecule has 0 atom stereocenters. The lowest BCUT2D eigenvalue weighted by Crippen LogP contribution is -2.17. The van der Waals surface area contributed by atoms with Crippen LogP contribution in [0, 0.1) is 12.7 Å². The van der Waals surface area contributed by atoms with E-state index in [-0.39, 0.29) is 6.61 Å². The first-order valence-electron chi connectivity index (χ1n) is 7.49. The SMILES string of the molecule is CCOC(=O)c1sc2ncn(/N=C/c3cccc(F)c3)c(=O)c2c1C. The normalized spacial score (nSPS) is 11.3. The molecule has 0 N–H and O–H groups in total. The van der Waals surface area contributed by atoms with Crippen molar-refractivity contribution in [2.45, 2.75) is 13.8 Å². The van der Waals surface area contributed by atoms with Crippen LogP contribution in [0.2, 0.25) is 0 Å². The number of esters is 1. The molecule has 0 saturated carbocycles. The van der Waals surface area contributed by atoms with Gasteiger partial charge in [-0.2, -0.15) is 9.78 Å². The summed E-state index contributed by atoms with van der Waals surface area (Å²) in [6, 6.07) is 5.84. The second kappa shape index (κ2) is 6.94. The summed E-state index contributed by atoms with van der Waals surface area (Å²) in [5.74, 6) is -0.866. The van der Waals surface area contributed by atoms with Crippen LogP contribution in [-0.2, 0) is 4.74 Å². The van der Waals surface area contributed by atoms with Gasteiger partial charge in [-0.1, -0.05) is 12.1 Å². The molecule has 0 radical (unpaired) electrons. The number of halogens is 1. The maximum atomic E-state index is 13.2. The van der Waals surface area contributed by atoms with Gasteiger partial charge in [0.1, 0.15) is 21.9 Å². The van der Waals surface area contributed by atoms with E-state index in [0.29, 0.717) is 26.2 Å². The highest BCUT2D eigenvalue weighted by molar-refractivity contribution is 7.20. The first-order valence-corrected chi connectivity index (χ1v) is 8.30. The van der Waals surface area contributed by atoms with Gasteiger partial charge in [-0.05, 0) is 37.1 Å². The first kappa shape index (κ1) is 17.0. The first-order chi connectivity index (χ1) is 12.0. The number of benzene rings is 1. The van der Waals surface area contributed by atoms with Crippen molar-refractivity contribution >= 4 is 33.7 Å². The minimum absolute atomic E-state index is 0.252. The van der Waals surface area contributed by atoms with Crippen molar-refractivity contribution in [3.63, 3.8) is 0 Å². The molecule has 128 valence electrons. The second-order valence-electron chi connectivity index (χ2n) is 5.15. The van der Waals surface area contributed by atoms with Crippen LogP contribution in [-0.4, -0.2) is 28.5 Å². The zero-order valence-electron chi connectivity index (χ0n) is 13.5. The molecule has 0 fully saturated rings. The van der Waals surface area contributed by atoms with Gasteiger partial charge in [0.05, 0.1) is 18.2 Å². The van der Waals surface area contributed by atoms with Gasteiger partial charge in [-0.3, -0.25) is 4.79 Å². The van der Waals surface area contributed by atoms with E-state index in [2.05, 4.69) is 10.1 Å². The Balaban J connectivity index is 2.04. The number of hydrogen-bond donors (Lipinski definition) is 0. The van der Waals surface area contributed by atoms with Crippen molar-refractivity contribution in [3.8, 4) is 0 Å². The van der Waals surface area contributed by atoms with Gasteiger partial charge in [0.15, 0.2) is 0 Å². The average molecular weight is 359 g/mol. The molecule has 0 amide bonds. The molecule has 0 unspecified atom stereocenters. The van der Waals surface area contributed by atoms with E-state index in [1.54, 1.807) is 26.0 Å². The minimum Gasteiger partial charge on any atom is -0.462 e. The highest BCUT2D eigenvalue weighted by Crippen LogP contribution is 2.27. The van der Waals surface area contributed by atoms with Crippen LogP contribution < -0.4 is 5.56 Å². The Morgan fingerprint density at radius 3 is 3.00 bits per heavy atom. The summed E-state index contributed by atoms with van der Waals surface area (Å²) in [5, 5.41) is 4.36. The van der Waals surface area contributed by atoms with E-state index in [1.165, 1.54) is 24.7 Å². The summed E-state index contributed by atoms with van der Waals surface area (Å²) in [6.07, 6.45) is 2.64. The molecule has 2 heterocycles. The van der Waals surface area contributed by atoms with Crippen molar-refractivity contribution in [1.29, 1.82) is 0 Å². The summed E-state index contributed by atoms with van der Waals surface area (Å²) in [5.41, 5.74) is 0.634. The van der Waals surface area contributed by atoms with E-state index >= 15 is 0 Å². The molecule has 6 nitrogen and oxygen atoms in total. The molecule has 3 aromatic rings. The smallest absolute Gasteiger partial charge is 0.348 e. The number of ether oxygens (including phenoxy) is 1. The molecule has 2 aromatic heterocycles. The summed E-state index contributed by atoms with van der Waals surface area (Å²) in [6.45, 7) is 3.64. The van der Waals surface area contributed by atoms with Crippen molar-refractivity contribution < 1.29 is 13.9 Å². The average Bonchev–Trinajstić information content (AvgIpc) is 2.92. The van der Waals surface area contributed by atoms with Gasteiger partial charge in [0, 0.05) is 0 Å². The lowest BCUT2D eigenvalue weighted by atomic mass is 10.2. The van der Waals surface area contributed by atoms with Crippen LogP contribution in [0.5, 0.6) is 0 Å². The Labute approximate surface area is 146 Å². The van der Waals surface area contributed by atoms with E-state index in [4.69, 9.17) is 4.74 Å². The Kier molecular flexibility index (Phi) is 4.71. The number of aromatic nitrogens is 2. The van der Waals surface area contributed by atoms with Crippen molar-refractivity contribution in [2.75, 3.05) is 6.61 Å². The summed E-state index contributed by atoms with van der Waals surface area (Å²) >= 11 is 1.11. The van der Waals surface area contributed by atoms with Gasteiger partial charge in [-0.15, -0.1) is 11.3 Å². The maximum Gasteiger partial charge on any atom is 0.348 e. The van der Waals surface area contributed by atoms with Crippen molar-refractivity contribution in [2.24, 2.45) is 5.10 Å². The van der Waals surface area contributed by atoms with Gasteiger partial charge >= 0.3 is 5.97 Å². The quantitative estimate of drug-likeness (QED) is 0.530. The molecule has 8 heteroatoms. The molecule has 3 rings (SSSR count). The molecule has 25 heavy (non-hydrogen) atoms. The van der Waals surface area contributed by atoms with Crippen molar-refractivity contribution in [1.82, 2.24) is 9.66 Å². The maximum absolute atomic E-state index is 13.2. The number of carbonyl (C=O) groups is 1. The Morgan fingerprint density at radius 1 is 1.48 bits per heavy atom. The molecule has 0 aliphatic rings. The predicted molar refractivity (Wildman–Crippen MR) is 94.0 cm³/mol. The number of hydrogen-bond acceptors (Lipinski definition) is 6. The molecule has 0 bridgehead atoms. The predicted octanol–water partition coefficient (Wildman–Crippen LogP) is 2.96. The molecule has 0 saturated heterocycles. The van der Waals surface area contributed by atoms with Crippen LogP contribution in [0.3, 0.4) is 0 Å². The number of nitrogens with zero attached hydrogens (tertiary/aromatic N) is 3. The molecule has 1 aromatic carbocycles. The fourth-order valence-electron chi connectivity index (χ4n) is 2.30. The Hall–Kier alpha value is -2.87. The third-order valence-corrected chi connectivity index (χ3v) is 4.66. The summed E-state index contributed by atoms with van der Waals surface area (Å²) in [7, 11) is 0. The molecule has 0 aliphatic heterocycles. The third-order valence-electron chi connectivity index (χ3n) is 3.48. The summed E-state index contributed by atoms with van der Waals surface area (Å²) < 4.78 is 19.2. The number of carbonyl (C=O) groups excluding carboxylic acids is 1. The molecule has 0 spiro atoms. The molecule has 0 aliphatic carbocycles. The van der Waals surface area contributed by atoms with Gasteiger partial charge in [0.25, 0.3) is 5.56 Å². The van der Waals surface area contributed by atoms with E-state index in [9.17, 15) is 14.0 Å². The van der Waals surface area contributed by atoms with E-state index in [1.807, 2.05) is 0 Å². The Bertz CT molecular complexity index is 1040. The molecular formula is C17H14FN3O3S. The van der Waals surface area contributed by atoms with Gasteiger partial charge < -0.3 is 4.74 Å². The second-order valence-corrected chi connectivity index (χ2v) is 6.15. The zero-order valence-corrected chi connectivity index (χ0v) is 14.3. The lowest BCUT2D eigenvalue weighted by molar-refractivity contribution is 0.0531. The summed E-state index contributed by atoms with van der Waals surface area (Å²) in [4.78, 5) is 29.6.